The number of halogens is 1. The minimum absolute atomic E-state index is 0.825. The first-order valence-electron chi connectivity index (χ1n) is 5.73. The number of rotatable bonds is 4. The minimum Gasteiger partial charge on any atom is -0.497 e. The summed E-state index contributed by atoms with van der Waals surface area (Å²) in [5, 5.41) is 1.13. The van der Waals surface area contributed by atoms with Crippen molar-refractivity contribution >= 4 is 15.9 Å². The Morgan fingerprint density at radius 2 is 2.38 bits per heavy atom. The van der Waals surface area contributed by atoms with Gasteiger partial charge in [-0.15, -0.1) is 0 Å². The predicted octanol–water partition coefficient (Wildman–Crippen LogP) is 2.91. The Labute approximate surface area is 106 Å². The van der Waals surface area contributed by atoms with Crippen molar-refractivity contribution in [2.75, 3.05) is 25.5 Å². The van der Waals surface area contributed by atoms with Crippen molar-refractivity contribution in [3.63, 3.8) is 0 Å². The van der Waals surface area contributed by atoms with Crippen LogP contribution < -0.4 is 4.74 Å². The lowest BCUT2D eigenvalue weighted by molar-refractivity contribution is 0.320. The average Bonchev–Trinajstić information content (AvgIpc) is 2.77. The van der Waals surface area contributed by atoms with Crippen molar-refractivity contribution in [2.45, 2.75) is 13.0 Å². The number of alkyl halides is 1. The SMILES string of the molecule is COc1cccc(CN2CCC(CBr)C2)c1. The lowest BCUT2D eigenvalue weighted by Gasteiger charge is -2.15. The fourth-order valence-corrected chi connectivity index (χ4v) is 2.74. The number of hydrogen-bond donors (Lipinski definition) is 0. The Balaban J connectivity index is 1.94. The summed E-state index contributed by atoms with van der Waals surface area (Å²) in [6.07, 6.45) is 1.31. The van der Waals surface area contributed by atoms with Crippen LogP contribution >= 0.6 is 15.9 Å². The Morgan fingerprint density at radius 1 is 1.50 bits per heavy atom. The first-order chi connectivity index (χ1) is 7.81. The second-order valence-corrected chi connectivity index (χ2v) is 5.04. The van der Waals surface area contributed by atoms with Crippen molar-refractivity contribution in [1.82, 2.24) is 4.90 Å². The topological polar surface area (TPSA) is 12.5 Å². The molecule has 1 saturated heterocycles. The number of hydrogen-bond acceptors (Lipinski definition) is 2. The minimum atomic E-state index is 0.825. The van der Waals surface area contributed by atoms with Gasteiger partial charge in [0.25, 0.3) is 0 Å². The average molecular weight is 284 g/mol. The first-order valence-corrected chi connectivity index (χ1v) is 6.85. The van der Waals surface area contributed by atoms with Crippen LogP contribution in [-0.4, -0.2) is 30.4 Å². The number of methoxy groups -OCH3 is 1. The third kappa shape index (κ3) is 2.98. The van der Waals surface area contributed by atoms with E-state index in [0.717, 1.165) is 23.5 Å². The van der Waals surface area contributed by atoms with Crippen LogP contribution in [-0.2, 0) is 6.54 Å². The van der Waals surface area contributed by atoms with Gasteiger partial charge in [0, 0.05) is 18.4 Å². The second-order valence-electron chi connectivity index (χ2n) is 4.40. The molecule has 1 fully saturated rings. The number of benzene rings is 1. The monoisotopic (exact) mass is 283 g/mol. The molecule has 0 aromatic heterocycles. The van der Waals surface area contributed by atoms with Gasteiger partial charge in [0.2, 0.25) is 0 Å². The highest BCUT2D eigenvalue weighted by molar-refractivity contribution is 9.09. The van der Waals surface area contributed by atoms with E-state index >= 15 is 0 Å². The van der Waals surface area contributed by atoms with Crippen molar-refractivity contribution in [3.05, 3.63) is 29.8 Å². The van der Waals surface area contributed by atoms with E-state index in [2.05, 4.69) is 39.0 Å². The molecule has 0 amide bonds. The quantitative estimate of drug-likeness (QED) is 0.788. The molecule has 0 radical (unpaired) electrons. The van der Waals surface area contributed by atoms with E-state index in [-0.39, 0.29) is 0 Å². The van der Waals surface area contributed by atoms with Crippen LogP contribution in [0.3, 0.4) is 0 Å². The summed E-state index contributed by atoms with van der Waals surface area (Å²) >= 11 is 3.57. The Hall–Kier alpha value is -0.540. The molecule has 88 valence electrons. The second kappa shape index (κ2) is 5.69. The molecule has 1 aliphatic heterocycles. The summed E-state index contributed by atoms with van der Waals surface area (Å²) in [7, 11) is 1.72. The zero-order valence-electron chi connectivity index (χ0n) is 9.66. The molecule has 0 N–H and O–H groups in total. The van der Waals surface area contributed by atoms with Gasteiger partial charge >= 0.3 is 0 Å². The molecule has 0 saturated carbocycles. The zero-order valence-corrected chi connectivity index (χ0v) is 11.2. The molecule has 1 unspecified atom stereocenters. The first kappa shape index (κ1) is 11.9. The molecule has 1 aromatic rings. The van der Waals surface area contributed by atoms with Gasteiger partial charge in [-0.05, 0) is 36.6 Å². The molecule has 16 heavy (non-hydrogen) atoms. The predicted molar refractivity (Wildman–Crippen MR) is 70.2 cm³/mol. The summed E-state index contributed by atoms with van der Waals surface area (Å²) < 4.78 is 5.24. The number of ether oxygens (including phenoxy) is 1. The summed E-state index contributed by atoms with van der Waals surface area (Å²) in [6.45, 7) is 3.47. The zero-order chi connectivity index (χ0) is 11.4. The largest absolute Gasteiger partial charge is 0.497 e. The van der Waals surface area contributed by atoms with Crippen LogP contribution in [0.2, 0.25) is 0 Å². The molecule has 3 heteroatoms. The lowest BCUT2D eigenvalue weighted by atomic mass is 10.2. The van der Waals surface area contributed by atoms with E-state index in [1.165, 1.54) is 25.1 Å². The number of nitrogens with zero attached hydrogens (tertiary/aromatic N) is 1. The molecule has 1 aromatic carbocycles. The molecule has 2 nitrogen and oxygen atoms in total. The molecular weight excluding hydrogens is 266 g/mol. The van der Waals surface area contributed by atoms with E-state index in [1.807, 2.05) is 6.07 Å². The van der Waals surface area contributed by atoms with Crippen LogP contribution in [0.25, 0.3) is 0 Å². The highest BCUT2D eigenvalue weighted by Gasteiger charge is 2.21. The molecule has 0 bridgehead atoms. The molecule has 1 aliphatic rings. The fraction of sp³-hybridized carbons (Fsp3) is 0.538. The van der Waals surface area contributed by atoms with Crippen LogP contribution in [0.4, 0.5) is 0 Å². The van der Waals surface area contributed by atoms with Gasteiger partial charge in [0.1, 0.15) is 5.75 Å². The van der Waals surface area contributed by atoms with Crippen LogP contribution in [0, 0.1) is 5.92 Å². The van der Waals surface area contributed by atoms with Crippen molar-refractivity contribution in [1.29, 1.82) is 0 Å². The Bertz CT molecular complexity index is 342. The van der Waals surface area contributed by atoms with E-state index in [9.17, 15) is 0 Å². The summed E-state index contributed by atoms with van der Waals surface area (Å²) in [6, 6.07) is 8.35. The highest BCUT2D eigenvalue weighted by atomic mass is 79.9. The van der Waals surface area contributed by atoms with E-state index in [0.29, 0.717) is 0 Å². The van der Waals surface area contributed by atoms with Crippen molar-refractivity contribution < 1.29 is 4.74 Å². The van der Waals surface area contributed by atoms with E-state index < -0.39 is 0 Å². The van der Waals surface area contributed by atoms with Crippen LogP contribution in [0.1, 0.15) is 12.0 Å². The lowest BCUT2D eigenvalue weighted by Crippen LogP contribution is -2.20. The molecule has 0 spiro atoms. The molecule has 0 aliphatic carbocycles. The molecule has 2 rings (SSSR count). The van der Waals surface area contributed by atoms with Gasteiger partial charge in [-0.2, -0.15) is 0 Å². The van der Waals surface area contributed by atoms with Gasteiger partial charge in [-0.1, -0.05) is 28.1 Å². The molecule has 1 heterocycles. The summed E-state index contributed by atoms with van der Waals surface area (Å²) in [5.41, 5.74) is 1.34. The summed E-state index contributed by atoms with van der Waals surface area (Å²) in [5.74, 6) is 1.78. The maximum absolute atomic E-state index is 5.24. The van der Waals surface area contributed by atoms with Gasteiger partial charge < -0.3 is 4.74 Å². The Kier molecular flexibility index (Phi) is 4.24. The third-order valence-corrected chi connectivity index (χ3v) is 4.04. The highest BCUT2D eigenvalue weighted by Crippen LogP contribution is 2.21. The van der Waals surface area contributed by atoms with E-state index in [4.69, 9.17) is 4.74 Å². The molecular formula is C13H18BrNO. The maximum atomic E-state index is 5.24. The fourth-order valence-electron chi connectivity index (χ4n) is 2.21. The van der Waals surface area contributed by atoms with Crippen molar-refractivity contribution in [2.24, 2.45) is 5.92 Å². The number of likely N-dealkylation sites (tertiary alicyclic amines) is 1. The Morgan fingerprint density at radius 3 is 3.06 bits per heavy atom. The van der Waals surface area contributed by atoms with Crippen LogP contribution in [0.15, 0.2) is 24.3 Å². The normalized spacial score (nSPS) is 21.2. The van der Waals surface area contributed by atoms with Crippen LogP contribution in [0.5, 0.6) is 5.75 Å². The smallest absolute Gasteiger partial charge is 0.119 e. The van der Waals surface area contributed by atoms with Crippen molar-refractivity contribution in [3.8, 4) is 5.75 Å². The maximum Gasteiger partial charge on any atom is 0.119 e. The third-order valence-electron chi connectivity index (χ3n) is 3.13. The summed E-state index contributed by atoms with van der Waals surface area (Å²) in [4.78, 5) is 2.51. The van der Waals surface area contributed by atoms with Gasteiger partial charge in [-0.3, -0.25) is 4.90 Å². The van der Waals surface area contributed by atoms with Gasteiger partial charge in [-0.25, -0.2) is 0 Å². The van der Waals surface area contributed by atoms with Gasteiger partial charge in [0.05, 0.1) is 7.11 Å². The van der Waals surface area contributed by atoms with Gasteiger partial charge in [0.15, 0.2) is 0 Å². The molecule has 1 atom stereocenters. The standard InChI is InChI=1S/C13H18BrNO/c1-16-13-4-2-3-11(7-13)9-15-6-5-12(8-14)10-15/h2-4,7,12H,5-6,8-10H2,1H3. The van der Waals surface area contributed by atoms with E-state index in [1.54, 1.807) is 7.11 Å².